The SMILES string of the molecule is Cc1nn(C)cc1-c1cc(F)c(NC(=O)c2c(F)cncc2F)cc1F. The van der Waals surface area contributed by atoms with Crippen LogP contribution in [0.3, 0.4) is 0 Å². The van der Waals surface area contributed by atoms with Crippen molar-refractivity contribution in [2.75, 3.05) is 5.32 Å². The number of pyridine rings is 1. The molecular formula is C17H12F4N4O. The average Bonchev–Trinajstić information content (AvgIpc) is 2.88. The van der Waals surface area contributed by atoms with E-state index >= 15 is 0 Å². The molecule has 0 unspecified atom stereocenters. The van der Waals surface area contributed by atoms with Gasteiger partial charge in [0.25, 0.3) is 5.91 Å². The normalized spacial score (nSPS) is 10.8. The molecule has 1 N–H and O–H groups in total. The fourth-order valence-corrected chi connectivity index (χ4v) is 2.53. The van der Waals surface area contributed by atoms with Gasteiger partial charge in [-0.15, -0.1) is 0 Å². The van der Waals surface area contributed by atoms with Crippen LogP contribution in [0, 0.1) is 30.2 Å². The van der Waals surface area contributed by atoms with Gasteiger partial charge in [-0.2, -0.15) is 5.10 Å². The summed E-state index contributed by atoms with van der Waals surface area (Å²) in [5, 5.41) is 6.02. The Hall–Kier alpha value is -3.23. The lowest BCUT2D eigenvalue weighted by molar-refractivity contribution is 0.101. The molecule has 2 heterocycles. The van der Waals surface area contributed by atoms with Crippen LogP contribution in [0.2, 0.25) is 0 Å². The maximum absolute atomic E-state index is 14.4. The molecule has 0 radical (unpaired) electrons. The van der Waals surface area contributed by atoms with Gasteiger partial charge in [0.1, 0.15) is 17.2 Å². The molecular weight excluding hydrogens is 352 g/mol. The van der Waals surface area contributed by atoms with E-state index in [1.165, 1.54) is 10.9 Å². The highest BCUT2D eigenvalue weighted by molar-refractivity contribution is 6.04. The van der Waals surface area contributed by atoms with Crippen molar-refractivity contribution in [2.45, 2.75) is 6.92 Å². The van der Waals surface area contributed by atoms with E-state index in [9.17, 15) is 22.4 Å². The third kappa shape index (κ3) is 3.15. The van der Waals surface area contributed by atoms with Gasteiger partial charge in [-0.1, -0.05) is 0 Å². The van der Waals surface area contributed by atoms with Crippen LogP contribution >= 0.6 is 0 Å². The van der Waals surface area contributed by atoms with Crippen LogP contribution < -0.4 is 5.32 Å². The summed E-state index contributed by atoms with van der Waals surface area (Å²) < 4.78 is 57.3. The van der Waals surface area contributed by atoms with Gasteiger partial charge >= 0.3 is 0 Å². The summed E-state index contributed by atoms with van der Waals surface area (Å²) >= 11 is 0. The van der Waals surface area contributed by atoms with Crippen LogP contribution in [0.1, 0.15) is 16.1 Å². The number of halogens is 4. The van der Waals surface area contributed by atoms with Crippen LogP contribution in [-0.2, 0) is 7.05 Å². The lowest BCUT2D eigenvalue weighted by Gasteiger charge is -2.10. The smallest absolute Gasteiger partial charge is 0.261 e. The summed E-state index contributed by atoms with van der Waals surface area (Å²) in [4.78, 5) is 15.3. The van der Waals surface area contributed by atoms with Crippen molar-refractivity contribution in [3.8, 4) is 11.1 Å². The number of hydrogen-bond donors (Lipinski definition) is 1. The zero-order valence-corrected chi connectivity index (χ0v) is 13.6. The Labute approximate surface area is 145 Å². The lowest BCUT2D eigenvalue weighted by atomic mass is 10.1. The van der Waals surface area contributed by atoms with Crippen molar-refractivity contribution in [1.82, 2.24) is 14.8 Å². The fourth-order valence-electron chi connectivity index (χ4n) is 2.53. The summed E-state index contributed by atoms with van der Waals surface area (Å²) in [5.74, 6) is -5.48. The van der Waals surface area contributed by atoms with Crippen LogP contribution in [0.4, 0.5) is 23.2 Å². The number of aryl methyl sites for hydroxylation is 2. The Bertz CT molecular complexity index is 996. The van der Waals surface area contributed by atoms with Gasteiger partial charge in [-0.05, 0) is 13.0 Å². The lowest BCUT2D eigenvalue weighted by Crippen LogP contribution is -2.17. The monoisotopic (exact) mass is 364 g/mol. The van der Waals surface area contributed by atoms with Crippen LogP contribution in [0.25, 0.3) is 11.1 Å². The molecule has 5 nitrogen and oxygen atoms in total. The number of aromatic nitrogens is 3. The number of anilines is 1. The number of carbonyl (C=O) groups excluding carboxylic acids is 1. The summed E-state index contributed by atoms with van der Waals surface area (Å²) in [6.45, 7) is 1.64. The molecule has 0 atom stereocenters. The number of amides is 1. The number of nitrogens with zero attached hydrogens (tertiary/aromatic N) is 3. The third-order valence-electron chi connectivity index (χ3n) is 3.69. The number of carbonyl (C=O) groups is 1. The van der Waals surface area contributed by atoms with E-state index in [1.54, 1.807) is 14.0 Å². The summed E-state index contributed by atoms with van der Waals surface area (Å²) in [7, 11) is 1.64. The highest BCUT2D eigenvalue weighted by Crippen LogP contribution is 2.30. The molecule has 0 saturated heterocycles. The Morgan fingerprint density at radius 3 is 2.23 bits per heavy atom. The second kappa shape index (κ2) is 6.58. The highest BCUT2D eigenvalue weighted by Gasteiger charge is 2.21. The minimum atomic E-state index is -1.26. The molecule has 0 bridgehead atoms. The summed E-state index contributed by atoms with van der Waals surface area (Å²) in [6.07, 6.45) is 2.81. The summed E-state index contributed by atoms with van der Waals surface area (Å²) in [5.41, 5.74) is -0.663. The van der Waals surface area contributed by atoms with Crippen molar-refractivity contribution in [1.29, 1.82) is 0 Å². The third-order valence-corrected chi connectivity index (χ3v) is 3.69. The van der Waals surface area contributed by atoms with Gasteiger partial charge in [-0.3, -0.25) is 14.5 Å². The molecule has 0 saturated carbocycles. The second-order valence-corrected chi connectivity index (χ2v) is 5.55. The van der Waals surface area contributed by atoms with Crippen LogP contribution in [-0.4, -0.2) is 20.7 Å². The number of rotatable bonds is 3. The van der Waals surface area contributed by atoms with E-state index < -0.39 is 40.4 Å². The van der Waals surface area contributed by atoms with Gasteiger partial charge in [0.15, 0.2) is 11.6 Å². The van der Waals surface area contributed by atoms with Crippen molar-refractivity contribution < 1.29 is 22.4 Å². The molecule has 134 valence electrons. The molecule has 0 fully saturated rings. The minimum absolute atomic E-state index is 0.0487. The highest BCUT2D eigenvalue weighted by atomic mass is 19.1. The maximum atomic E-state index is 14.4. The first-order chi connectivity index (χ1) is 12.3. The number of nitrogens with one attached hydrogen (secondary N) is 1. The average molecular weight is 364 g/mol. The Morgan fingerprint density at radius 1 is 1.00 bits per heavy atom. The van der Waals surface area contributed by atoms with E-state index in [2.05, 4.69) is 10.1 Å². The predicted octanol–water partition coefficient (Wildman–Crippen LogP) is 3.60. The molecule has 2 aromatic heterocycles. The summed E-state index contributed by atoms with van der Waals surface area (Å²) in [6, 6.07) is 1.63. The van der Waals surface area contributed by atoms with Gasteiger partial charge in [0.2, 0.25) is 0 Å². The topological polar surface area (TPSA) is 59.8 Å². The first-order valence-electron chi connectivity index (χ1n) is 7.38. The molecule has 1 aromatic carbocycles. The Kier molecular flexibility index (Phi) is 4.45. The number of benzene rings is 1. The predicted molar refractivity (Wildman–Crippen MR) is 85.4 cm³/mol. The van der Waals surface area contributed by atoms with Gasteiger partial charge in [0, 0.05) is 30.4 Å². The van der Waals surface area contributed by atoms with E-state index in [0.717, 1.165) is 12.1 Å². The van der Waals surface area contributed by atoms with E-state index in [1.807, 2.05) is 5.32 Å². The molecule has 0 aliphatic carbocycles. The van der Waals surface area contributed by atoms with E-state index in [0.29, 0.717) is 23.7 Å². The van der Waals surface area contributed by atoms with Crippen molar-refractivity contribution in [3.05, 3.63) is 65.2 Å². The first-order valence-corrected chi connectivity index (χ1v) is 7.38. The molecule has 1 amide bonds. The van der Waals surface area contributed by atoms with Gasteiger partial charge in [0.05, 0.1) is 23.8 Å². The molecule has 0 spiro atoms. The standard InChI is InChI=1S/C17H12F4N4O/c1-8-10(7-25(2)24-8)9-3-12(19)15(4-11(9)18)23-17(26)16-13(20)5-22-6-14(16)21/h3-7H,1-2H3,(H,23,26). The van der Waals surface area contributed by atoms with Gasteiger partial charge < -0.3 is 5.32 Å². The minimum Gasteiger partial charge on any atom is -0.319 e. The quantitative estimate of drug-likeness (QED) is 0.723. The maximum Gasteiger partial charge on any atom is 0.261 e. The van der Waals surface area contributed by atoms with E-state index in [-0.39, 0.29) is 5.56 Å². The van der Waals surface area contributed by atoms with Crippen molar-refractivity contribution >= 4 is 11.6 Å². The number of hydrogen-bond acceptors (Lipinski definition) is 3. The molecule has 3 aromatic rings. The van der Waals surface area contributed by atoms with E-state index in [4.69, 9.17) is 0 Å². The Morgan fingerprint density at radius 2 is 1.65 bits per heavy atom. The molecule has 3 rings (SSSR count). The molecule has 0 aliphatic heterocycles. The van der Waals surface area contributed by atoms with Gasteiger partial charge in [-0.25, -0.2) is 17.6 Å². The van der Waals surface area contributed by atoms with Crippen LogP contribution in [0.5, 0.6) is 0 Å². The zero-order valence-electron chi connectivity index (χ0n) is 13.6. The van der Waals surface area contributed by atoms with Crippen molar-refractivity contribution in [3.63, 3.8) is 0 Å². The van der Waals surface area contributed by atoms with Crippen molar-refractivity contribution in [2.24, 2.45) is 7.05 Å². The Balaban J connectivity index is 1.96. The largest absolute Gasteiger partial charge is 0.319 e. The molecule has 26 heavy (non-hydrogen) atoms. The second-order valence-electron chi connectivity index (χ2n) is 5.55. The fraction of sp³-hybridized carbons (Fsp3) is 0.118. The van der Waals surface area contributed by atoms with Crippen LogP contribution in [0.15, 0.2) is 30.7 Å². The molecule has 0 aliphatic rings. The first kappa shape index (κ1) is 17.6. The zero-order chi connectivity index (χ0) is 19.0. The molecule has 9 heteroatoms.